The van der Waals surface area contributed by atoms with Crippen molar-refractivity contribution in [1.29, 1.82) is 0 Å². The van der Waals surface area contributed by atoms with E-state index in [2.05, 4.69) is 32.6 Å². The van der Waals surface area contributed by atoms with E-state index in [4.69, 9.17) is 0 Å². The van der Waals surface area contributed by atoms with E-state index in [0.29, 0.717) is 0 Å². The van der Waals surface area contributed by atoms with Crippen molar-refractivity contribution in [3.05, 3.63) is 6.04 Å². The quantitative estimate of drug-likeness (QED) is 0.570. The first kappa shape index (κ1) is 9.96. The minimum atomic E-state index is 1.16. The van der Waals surface area contributed by atoms with Crippen LogP contribution in [0.15, 0.2) is 0 Å². The van der Waals surface area contributed by atoms with Crippen LogP contribution in [0.25, 0.3) is 0 Å². The second-order valence-corrected chi connectivity index (χ2v) is 2.66. The van der Waals surface area contributed by atoms with Crippen LogP contribution in [-0.4, -0.2) is 18.0 Å². The second kappa shape index (κ2) is 5.72. The van der Waals surface area contributed by atoms with Crippen molar-refractivity contribution in [3.63, 3.8) is 0 Å². The molecule has 0 spiro atoms. The third kappa shape index (κ3) is 3.21. The lowest BCUT2D eigenvalue weighted by molar-refractivity contribution is 0.304. The highest BCUT2D eigenvalue weighted by Crippen LogP contribution is 2.12. The third-order valence-electron chi connectivity index (χ3n) is 1.92. The van der Waals surface area contributed by atoms with Gasteiger partial charge in [0, 0.05) is 6.04 Å². The van der Waals surface area contributed by atoms with E-state index in [-0.39, 0.29) is 0 Å². The maximum atomic E-state index is 2.42. The van der Waals surface area contributed by atoms with Crippen LogP contribution in [0.4, 0.5) is 0 Å². The molecule has 0 atom stereocenters. The molecule has 0 aliphatic heterocycles. The summed E-state index contributed by atoms with van der Waals surface area (Å²) in [5.41, 5.74) is 0. The first-order valence-corrected chi connectivity index (χ1v) is 4.33. The summed E-state index contributed by atoms with van der Waals surface area (Å²) in [6.07, 6.45) is 2.52. The first-order chi connectivity index (χ1) is 4.76. The van der Waals surface area contributed by atoms with E-state index in [0.717, 1.165) is 13.1 Å². The molecule has 1 radical (unpaired) electrons. The molecule has 0 aromatic rings. The van der Waals surface area contributed by atoms with Crippen LogP contribution in [0, 0.1) is 6.04 Å². The van der Waals surface area contributed by atoms with Gasteiger partial charge in [0.2, 0.25) is 0 Å². The normalized spacial score (nSPS) is 11.4. The van der Waals surface area contributed by atoms with Gasteiger partial charge in [-0.15, -0.1) is 0 Å². The van der Waals surface area contributed by atoms with Crippen molar-refractivity contribution in [2.75, 3.05) is 13.1 Å². The van der Waals surface area contributed by atoms with Crippen molar-refractivity contribution in [2.24, 2.45) is 0 Å². The van der Waals surface area contributed by atoms with Crippen molar-refractivity contribution >= 4 is 0 Å². The molecule has 0 saturated carbocycles. The number of hydrogen-bond acceptors (Lipinski definition) is 1. The Morgan fingerprint density at radius 2 is 1.60 bits per heavy atom. The summed E-state index contributed by atoms with van der Waals surface area (Å²) in [5, 5.41) is 0. The summed E-state index contributed by atoms with van der Waals surface area (Å²) >= 11 is 0. The van der Waals surface area contributed by atoms with E-state index < -0.39 is 0 Å². The molecule has 0 N–H and O–H groups in total. The molecular formula is C9H20N. The second-order valence-electron chi connectivity index (χ2n) is 2.66. The predicted molar refractivity (Wildman–Crippen MR) is 46.7 cm³/mol. The SMILES string of the molecule is CCC[C](C)N(CC)CC. The van der Waals surface area contributed by atoms with Gasteiger partial charge in [0.15, 0.2) is 0 Å². The van der Waals surface area contributed by atoms with E-state index in [1.807, 2.05) is 0 Å². The summed E-state index contributed by atoms with van der Waals surface area (Å²) in [6.45, 7) is 11.2. The average molecular weight is 142 g/mol. The smallest absolute Gasteiger partial charge is 0.0362 e. The Bertz CT molecular complexity index is 67.1. The van der Waals surface area contributed by atoms with Crippen LogP contribution in [0.1, 0.15) is 40.5 Å². The molecule has 0 aliphatic carbocycles. The molecule has 0 saturated heterocycles. The molecule has 61 valence electrons. The molecule has 0 amide bonds. The summed E-state index contributed by atoms with van der Waals surface area (Å²) in [5.74, 6) is 0. The first-order valence-electron chi connectivity index (χ1n) is 4.33. The van der Waals surface area contributed by atoms with Crippen LogP contribution in [0.3, 0.4) is 0 Å². The van der Waals surface area contributed by atoms with Gasteiger partial charge in [-0.1, -0.05) is 27.2 Å². The lowest BCUT2D eigenvalue weighted by Crippen LogP contribution is -2.26. The van der Waals surface area contributed by atoms with E-state index in [1.165, 1.54) is 18.9 Å². The van der Waals surface area contributed by atoms with Crippen LogP contribution in [-0.2, 0) is 0 Å². The molecule has 0 unspecified atom stereocenters. The molecule has 0 aromatic carbocycles. The Hall–Kier alpha value is -0.0400. The molecular weight excluding hydrogens is 122 g/mol. The molecule has 0 rings (SSSR count). The van der Waals surface area contributed by atoms with Crippen molar-refractivity contribution < 1.29 is 0 Å². The van der Waals surface area contributed by atoms with Crippen molar-refractivity contribution in [2.45, 2.75) is 40.5 Å². The Morgan fingerprint density at radius 3 is 1.90 bits per heavy atom. The van der Waals surface area contributed by atoms with Crippen LogP contribution >= 0.6 is 0 Å². The monoisotopic (exact) mass is 142 g/mol. The fourth-order valence-electron chi connectivity index (χ4n) is 1.28. The molecule has 0 bridgehead atoms. The van der Waals surface area contributed by atoms with Crippen LogP contribution < -0.4 is 0 Å². The highest BCUT2D eigenvalue weighted by atomic mass is 15.1. The number of hydrogen-bond donors (Lipinski definition) is 0. The van der Waals surface area contributed by atoms with Gasteiger partial charge in [0.25, 0.3) is 0 Å². The predicted octanol–water partition coefficient (Wildman–Crippen LogP) is 2.68. The maximum Gasteiger partial charge on any atom is 0.0362 e. The van der Waals surface area contributed by atoms with Gasteiger partial charge < -0.3 is 0 Å². The molecule has 1 heteroatoms. The molecule has 1 nitrogen and oxygen atoms in total. The minimum Gasteiger partial charge on any atom is -0.297 e. The fourth-order valence-corrected chi connectivity index (χ4v) is 1.28. The molecule has 10 heavy (non-hydrogen) atoms. The summed E-state index contributed by atoms with van der Waals surface area (Å²) in [4.78, 5) is 2.42. The largest absolute Gasteiger partial charge is 0.297 e. The zero-order chi connectivity index (χ0) is 7.98. The molecule has 0 aromatic heterocycles. The fraction of sp³-hybridized carbons (Fsp3) is 0.889. The summed E-state index contributed by atoms with van der Waals surface area (Å²) in [6, 6.07) is 1.53. The highest BCUT2D eigenvalue weighted by molar-refractivity contribution is 4.82. The van der Waals surface area contributed by atoms with Crippen LogP contribution in [0.2, 0.25) is 0 Å². The van der Waals surface area contributed by atoms with Gasteiger partial charge >= 0.3 is 0 Å². The molecule has 0 aliphatic rings. The van der Waals surface area contributed by atoms with Gasteiger partial charge in [-0.3, -0.25) is 4.90 Å². The van der Waals surface area contributed by atoms with Crippen molar-refractivity contribution in [3.8, 4) is 0 Å². The standard InChI is InChI=1S/C9H20N/c1-5-8-9(4)10(6-2)7-3/h5-8H2,1-4H3. The van der Waals surface area contributed by atoms with Gasteiger partial charge in [0.05, 0.1) is 0 Å². The molecule has 0 fully saturated rings. The lowest BCUT2D eigenvalue weighted by Gasteiger charge is -2.24. The average Bonchev–Trinajstić information content (AvgIpc) is 1.91. The van der Waals surface area contributed by atoms with E-state index >= 15 is 0 Å². The maximum absolute atomic E-state index is 2.42. The van der Waals surface area contributed by atoms with Gasteiger partial charge in [0.1, 0.15) is 0 Å². The summed E-state index contributed by atoms with van der Waals surface area (Å²) < 4.78 is 0. The van der Waals surface area contributed by atoms with Crippen molar-refractivity contribution in [1.82, 2.24) is 4.90 Å². The van der Waals surface area contributed by atoms with Gasteiger partial charge in [-0.2, -0.15) is 0 Å². The molecule has 0 heterocycles. The Labute approximate surface area is 65.4 Å². The van der Waals surface area contributed by atoms with Gasteiger partial charge in [-0.25, -0.2) is 0 Å². The number of nitrogens with zero attached hydrogens (tertiary/aromatic N) is 1. The zero-order valence-corrected chi connectivity index (χ0v) is 7.78. The lowest BCUT2D eigenvalue weighted by atomic mass is 10.1. The number of rotatable bonds is 5. The topological polar surface area (TPSA) is 3.24 Å². The Kier molecular flexibility index (Phi) is 5.70. The van der Waals surface area contributed by atoms with Gasteiger partial charge in [-0.05, 0) is 26.4 Å². The Balaban J connectivity index is 3.53. The Morgan fingerprint density at radius 1 is 1.10 bits per heavy atom. The third-order valence-corrected chi connectivity index (χ3v) is 1.92. The zero-order valence-electron chi connectivity index (χ0n) is 7.78. The minimum absolute atomic E-state index is 1.16. The highest BCUT2D eigenvalue weighted by Gasteiger charge is 2.07. The van der Waals surface area contributed by atoms with E-state index in [1.54, 1.807) is 0 Å². The summed E-state index contributed by atoms with van der Waals surface area (Å²) in [7, 11) is 0. The van der Waals surface area contributed by atoms with Crippen LogP contribution in [0.5, 0.6) is 0 Å². The van der Waals surface area contributed by atoms with E-state index in [9.17, 15) is 0 Å².